The minimum atomic E-state index is -0.361. The summed E-state index contributed by atoms with van der Waals surface area (Å²) in [5.74, 6) is 1.12. The van der Waals surface area contributed by atoms with Crippen LogP contribution in [0.2, 0.25) is 5.02 Å². The monoisotopic (exact) mass is 488 g/mol. The molecule has 33 heavy (non-hydrogen) atoms. The molecule has 7 nitrogen and oxygen atoms in total. The van der Waals surface area contributed by atoms with Gasteiger partial charge in [0.1, 0.15) is 5.00 Å². The van der Waals surface area contributed by atoms with Gasteiger partial charge in [-0.25, -0.2) is 0 Å². The number of halogens is 1. The van der Waals surface area contributed by atoms with Crippen LogP contribution in [0.15, 0.2) is 41.8 Å². The second kappa shape index (κ2) is 11.2. The molecular weight excluding hydrogens is 464 g/mol. The SMILES string of the molecule is COc1cc(CCc2ccc(C(=O)c3ccsc3NC(=O)CN)c(Cl)c2)cc(OC)c1OC. The van der Waals surface area contributed by atoms with E-state index in [0.717, 1.165) is 11.1 Å². The van der Waals surface area contributed by atoms with Crippen molar-refractivity contribution in [3.8, 4) is 17.2 Å². The predicted octanol–water partition coefficient (Wildman–Crippen LogP) is 4.34. The van der Waals surface area contributed by atoms with Crippen LogP contribution in [0, 0.1) is 0 Å². The summed E-state index contributed by atoms with van der Waals surface area (Å²) in [5, 5.41) is 5.19. The molecule has 3 N–H and O–H groups in total. The van der Waals surface area contributed by atoms with E-state index in [9.17, 15) is 9.59 Å². The van der Waals surface area contributed by atoms with E-state index in [1.54, 1.807) is 44.9 Å². The summed E-state index contributed by atoms with van der Waals surface area (Å²) in [6.07, 6.45) is 1.41. The van der Waals surface area contributed by atoms with Crippen LogP contribution in [0.4, 0.5) is 5.00 Å². The molecule has 0 aliphatic carbocycles. The Hall–Kier alpha value is -3.07. The van der Waals surface area contributed by atoms with Gasteiger partial charge in [-0.15, -0.1) is 11.3 Å². The number of hydrogen-bond acceptors (Lipinski definition) is 7. The Morgan fingerprint density at radius 3 is 2.18 bits per heavy atom. The van der Waals surface area contributed by atoms with Crippen molar-refractivity contribution in [2.45, 2.75) is 12.8 Å². The van der Waals surface area contributed by atoms with Gasteiger partial charge >= 0.3 is 0 Å². The molecule has 0 bridgehead atoms. The maximum Gasteiger partial charge on any atom is 0.238 e. The number of ether oxygens (including phenoxy) is 3. The molecular formula is C24H25ClN2O5S. The topological polar surface area (TPSA) is 99.9 Å². The second-order valence-corrected chi connectivity index (χ2v) is 8.42. The van der Waals surface area contributed by atoms with E-state index in [1.807, 2.05) is 18.2 Å². The molecule has 0 aliphatic heterocycles. The number of anilines is 1. The van der Waals surface area contributed by atoms with Gasteiger partial charge in [-0.05, 0) is 59.7 Å². The highest BCUT2D eigenvalue weighted by Gasteiger charge is 2.19. The van der Waals surface area contributed by atoms with Crippen LogP contribution in [0.3, 0.4) is 0 Å². The van der Waals surface area contributed by atoms with Gasteiger partial charge in [0.25, 0.3) is 0 Å². The van der Waals surface area contributed by atoms with Crippen molar-refractivity contribution >= 4 is 39.6 Å². The third-order valence-electron chi connectivity index (χ3n) is 5.05. The number of nitrogens with one attached hydrogen (secondary N) is 1. The number of hydrogen-bond donors (Lipinski definition) is 2. The first-order chi connectivity index (χ1) is 15.9. The molecule has 0 spiro atoms. The lowest BCUT2D eigenvalue weighted by Crippen LogP contribution is -2.22. The highest BCUT2D eigenvalue weighted by Crippen LogP contribution is 2.38. The van der Waals surface area contributed by atoms with Crippen LogP contribution in [-0.4, -0.2) is 39.6 Å². The van der Waals surface area contributed by atoms with E-state index in [4.69, 9.17) is 31.5 Å². The van der Waals surface area contributed by atoms with Crippen LogP contribution in [0.5, 0.6) is 17.2 Å². The fraction of sp³-hybridized carbons (Fsp3) is 0.250. The van der Waals surface area contributed by atoms with E-state index < -0.39 is 0 Å². The summed E-state index contributed by atoms with van der Waals surface area (Å²) in [7, 11) is 4.73. The smallest absolute Gasteiger partial charge is 0.238 e. The largest absolute Gasteiger partial charge is 0.493 e. The minimum Gasteiger partial charge on any atom is -0.493 e. The van der Waals surface area contributed by atoms with Crippen molar-refractivity contribution in [1.29, 1.82) is 0 Å². The van der Waals surface area contributed by atoms with Gasteiger partial charge in [0, 0.05) is 5.56 Å². The zero-order chi connectivity index (χ0) is 24.0. The minimum absolute atomic E-state index is 0.160. The van der Waals surface area contributed by atoms with Crippen LogP contribution in [0.25, 0.3) is 0 Å². The summed E-state index contributed by atoms with van der Waals surface area (Å²) < 4.78 is 16.2. The first-order valence-electron chi connectivity index (χ1n) is 10.1. The standard InChI is InChI=1S/C24H25ClN2O5S/c1-30-19-11-15(12-20(31-2)23(19)32-3)5-4-14-6-7-16(18(25)10-14)22(29)17-8-9-33-24(17)27-21(28)13-26/h6-12H,4-5,13,26H2,1-3H3,(H,27,28). The maximum absolute atomic E-state index is 13.0. The number of ketones is 1. The molecule has 1 amide bonds. The molecule has 0 radical (unpaired) electrons. The number of amides is 1. The summed E-state index contributed by atoms with van der Waals surface area (Å²) >= 11 is 7.72. The second-order valence-electron chi connectivity index (χ2n) is 7.09. The number of methoxy groups -OCH3 is 3. The molecule has 0 atom stereocenters. The molecule has 0 unspecified atom stereocenters. The van der Waals surface area contributed by atoms with Crippen LogP contribution in [-0.2, 0) is 17.6 Å². The normalized spacial score (nSPS) is 10.6. The summed E-state index contributed by atoms with van der Waals surface area (Å²) in [5.41, 5.74) is 8.10. The lowest BCUT2D eigenvalue weighted by atomic mass is 9.99. The van der Waals surface area contributed by atoms with Crippen LogP contribution >= 0.6 is 22.9 Å². The Morgan fingerprint density at radius 2 is 1.61 bits per heavy atom. The van der Waals surface area contributed by atoms with Gasteiger partial charge in [0.05, 0.1) is 38.5 Å². The molecule has 0 saturated heterocycles. The van der Waals surface area contributed by atoms with Gasteiger partial charge in [-0.3, -0.25) is 9.59 Å². The molecule has 3 rings (SSSR count). The average Bonchev–Trinajstić information content (AvgIpc) is 3.29. The number of aryl methyl sites for hydroxylation is 2. The number of thiophene rings is 1. The first kappa shape index (κ1) is 24.6. The third-order valence-corrected chi connectivity index (χ3v) is 6.20. The molecule has 0 aliphatic rings. The molecule has 1 aromatic heterocycles. The average molecular weight is 489 g/mol. The van der Waals surface area contributed by atoms with Crippen molar-refractivity contribution in [1.82, 2.24) is 0 Å². The number of rotatable bonds is 10. The van der Waals surface area contributed by atoms with Gasteiger partial charge < -0.3 is 25.3 Å². The Kier molecular flexibility index (Phi) is 8.32. The fourth-order valence-corrected chi connectivity index (χ4v) is 4.46. The van der Waals surface area contributed by atoms with Crippen molar-refractivity contribution in [3.63, 3.8) is 0 Å². The quantitative estimate of drug-likeness (QED) is 0.412. The summed E-state index contributed by atoms with van der Waals surface area (Å²) in [4.78, 5) is 24.6. The molecule has 1 heterocycles. The zero-order valence-corrected chi connectivity index (χ0v) is 20.1. The zero-order valence-electron chi connectivity index (χ0n) is 18.6. The summed E-state index contributed by atoms with van der Waals surface area (Å²) in [6, 6.07) is 10.9. The van der Waals surface area contributed by atoms with Crippen molar-refractivity contribution in [3.05, 3.63) is 69.1 Å². The lowest BCUT2D eigenvalue weighted by molar-refractivity contribution is -0.114. The van der Waals surface area contributed by atoms with E-state index in [1.165, 1.54) is 11.3 Å². The van der Waals surface area contributed by atoms with Crippen LogP contribution in [0.1, 0.15) is 27.0 Å². The molecule has 9 heteroatoms. The highest BCUT2D eigenvalue weighted by molar-refractivity contribution is 7.14. The highest BCUT2D eigenvalue weighted by atomic mass is 35.5. The molecule has 0 saturated carbocycles. The van der Waals surface area contributed by atoms with Crippen molar-refractivity contribution in [2.24, 2.45) is 5.73 Å². The third kappa shape index (κ3) is 5.65. The molecule has 2 aromatic carbocycles. The predicted molar refractivity (Wildman–Crippen MR) is 130 cm³/mol. The van der Waals surface area contributed by atoms with Crippen molar-refractivity contribution < 1.29 is 23.8 Å². The van der Waals surface area contributed by atoms with Crippen molar-refractivity contribution in [2.75, 3.05) is 33.2 Å². The Morgan fingerprint density at radius 1 is 0.939 bits per heavy atom. The van der Waals surface area contributed by atoms with Gasteiger partial charge in [0.15, 0.2) is 17.3 Å². The van der Waals surface area contributed by atoms with E-state index in [0.29, 0.717) is 51.2 Å². The van der Waals surface area contributed by atoms with E-state index >= 15 is 0 Å². The van der Waals surface area contributed by atoms with Gasteiger partial charge in [0.2, 0.25) is 11.7 Å². The Labute approximate surface area is 201 Å². The molecule has 174 valence electrons. The number of carbonyl (C=O) groups is 2. The Bertz CT molecular complexity index is 1140. The molecule has 0 fully saturated rings. The maximum atomic E-state index is 13.0. The molecule has 3 aromatic rings. The summed E-state index contributed by atoms with van der Waals surface area (Å²) in [6.45, 7) is -0.160. The number of carbonyl (C=O) groups excluding carboxylic acids is 2. The number of benzene rings is 2. The lowest BCUT2D eigenvalue weighted by Gasteiger charge is -2.14. The van der Waals surface area contributed by atoms with Gasteiger partial charge in [-0.1, -0.05) is 17.7 Å². The van der Waals surface area contributed by atoms with Crippen LogP contribution < -0.4 is 25.3 Å². The van der Waals surface area contributed by atoms with E-state index in [-0.39, 0.29) is 18.2 Å². The number of nitrogens with two attached hydrogens (primary N) is 1. The van der Waals surface area contributed by atoms with Gasteiger partial charge in [-0.2, -0.15) is 0 Å². The Balaban J connectivity index is 1.76. The first-order valence-corrected chi connectivity index (χ1v) is 11.4. The fourth-order valence-electron chi connectivity index (χ4n) is 3.37. The van der Waals surface area contributed by atoms with E-state index in [2.05, 4.69) is 5.32 Å².